The number of aromatic carboxylic acids is 1. The summed E-state index contributed by atoms with van der Waals surface area (Å²) >= 11 is 5.99. The summed E-state index contributed by atoms with van der Waals surface area (Å²) in [5, 5.41) is 16.7. The molecule has 5 nitrogen and oxygen atoms in total. The van der Waals surface area contributed by atoms with Crippen molar-refractivity contribution >= 4 is 17.6 Å². The summed E-state index contributed by atoms with van der Waals surface area (Å²) in [6, 6.07) is 3.81. The Morgan fingerprint density at radius 2 is 2.26 bits per heavy atom. The van der Waals surface area contributed by atoms with Gasteiger partial charge in [0.15, 0.2) is 5.69 Å². The fourth-order valence-electron chi connectivity index (χ4n) is 1.77. The highest BCUT2D eigenvalue weighted by Gasteiger charge is 2.20. The number of rotatable bonds is 4. The third-order valence-electron chi connectivity index (χ3n) is 2.59. The molecule has 0 unspecified atom stereocenters. The van der Waals surface area contributed by atoms with Gasteiger partial charge < -0.3 is 5.11 Å². The lowest BCUT2D eigenvalue weighted by molar-refractivity contribution is 0.0689. The van der Waals surface area contributed by atoms with E-state index in [1.807, 2.05) is 6.92 Å². The summed E-state index contributed by atoms with van der Waals surface area (Å²) < 4.78 is 14.6. The van der Waals surface area contributed by atoms with Crippen molar-refractivity contribution in [1.82, 2.24) is 15.0 Å². The Balaban J connectivity index is 2.61. The van der Waals surface area contributed by atoms with Gasteiger partial charge in [-0.1, -0.05) is 30.2 Å². The molecule has 1 heterocycles. The highest BCUT2D eigenvalue weighted by molar-refractivity contribution is 6.32. The maximum atomic E-state index is 13.3. The van der Waals surface area contributed by atoms with Gasteiger partial charge in [0.1, 0.15) is 5.82 Å². The largest absolute Gasteiger partial charge is 0.476 e. The van der Waals surface area contributed by atoms with Crippen molar-refractivity contribution in [2.24, 2.45) is 0 Å². The molecule has 0 aliphatic heterocycles. The van der Waals surface area contributed by atoms with Gasteiger partial charge in [-0.15, -0.1) is 5.10 Å². The third-order valence-corrected chi connectivity index (χ3v) is 2.91. The minimum absolute atomic E-state index is 0.137. The molecule has 19 heavy (non-hydrogen) atoms. The highest BCUT2D eigenvalue weighted by atomic mass is 35.5. The van der Waals surface area contributed by atoms with Crippen molar-refractivity contribution in [1.29, 1.82) is 0 Å². The number of hydrogen-bond donors (Lipinski definition) is 1. The maximum Gasteiger partial charge on any atom is 0.358 e. The summed E-state index contributed by atoms with van der Waals surface area (Å²) in [5.74, 6) is -1.64. The zero-order valence-corrected chi connectivity index (χ0v) is 10.9. The van der Waals surface area contributed by atoms with Gasteiger partial charge in [-0.25, -0.2) is 13.9 Å². The van der Waals surface area contributed by atoms with Gasteiger partial charge in [-0.2, -0.15) is 0 Å². The quantitative estimate of drug-likeness (QED) is 0.937. The molecule has 1 aromatic heterocycles. The second-order valence-electron chi connectivity index (χ2n) is 3.95. The molecule has 0 aliphatic rings. The van der Waals surface area contributed by atoms with Crippen LogP contribution in [0.3, 0.4) is 0 Å². The van der Waals surface area contributed by atoms with Crippen molar-refractivity contribution in [3.63, 3.8) is 0 Å². The van der Waals surface area contributed by atoms with Crippen molar-refractivity contribution in [3.05, 3.63) is 40.4 Å². The Kier molecular flexibility index (Phi) is 3.80. The van der Waals surface area contributed by atoms with Crippen LogP contribution in [0.1, 0.15) is 29.5 Å². The van der Waals surface area contributed by atoms with Crippen LogP contribution in [0.25, 0.3) is 5.69 Å². The zero-order chi connectivity index (χ0) is 14.0. The molecule has 2 rings (SSSR count). The van der Waals surface area contributed by atoms with Crippen LogP contribution in [0.2, 0.25) is 5.02 Å². The average Bonchev–Trinajstić information content (AvgIpc) is 2.76. The SMILES string of the molecule is CCCc1c(C(=O)O)nnn1-c1cc(F)ccc1Cl. The Morgan fingerprint density at radius 1 is 1.53 bits per heavy atom. The molecule has 0 spiro atoms. The first kappa shape index (κ1) is 13.5. The van der Waals surface area contributed by atoms with Crippen molar-refractivity contribution in [2.45, 2.75) is 19.8 Å². The Hall–Kier alpha value is -1.95. The molecular formula is C12H11ClFN3O2. The van der Waals surface area contributed by atoms with E-state index in [-0.39, 0.29) is 16.4 Å². The molecule has 0 saturated heterocycles. The topological polar surface area (TPSA) is 68.0 Å². The number of nitrogens with zero attached hydrogens (tertiary/aromatic N) is 3. The van der Waals surface area contributed by atoms with E-state index in [0.717, 1.165) is 0 Å². The monoisotopic (exact) mass is 283 g/mol. The molecule has 0 fully saturated rings. The minimum atomic E-state index is -1.16. The number of halogens is 2. The first-order valence-corrected chi connectivity index (χ1v) is 6.05. The summed E-state index contributed by atoms with van der Waals surface area (Å²) in [4.78, 5) is 11.1. The summed E-state index contributed by atoms with van der Waals surface area (Å²) in [6.07, 6.45) is 1.17. The minimum Gasteiger partial charge on any atom is -0.476 e. The predicted octanol–water partition coefficient (Wildman–Crippen LogP) is 2.71. The van der Waals surface area contributed by atoms with Gasteiger partial charge in [-0.3, -0.25) is 0 Å². The van der Waals surface area contributed by atoms with Crippen molar-refractivity contribution in [3.8, 4) is 5.69 Å². The molecule has 2 aromatic rings. The predicted molar refractivity (Wildman–Crippen MR) is 67.3 cm³/mol. The smallest absolute Gasteiger partial charge is 0.358 e. The van der Waals surface area contributed by atoms with E-state index in [1.165, 1.54) is 22.9 Å². The average molecular weight is 284 g/mol. The van der Waals surface area contributed by atoms with E-state index in [1.54, 1.807) is 0 Å². The van der Waals surface area contributed by atoms with E-state index in [9.17, 15) is 9.18 Å². The van der Waals surface area contributed by atoms with Crippen LogP contribution >= 0.6 is 11.6 Å². The standard InChI is InChI=1S/C12H11ClFN3O2/c1-2-3-9-11(12(18)19)15-16-17(9)10-6-7(14)4-5-8(10)13/h4-6H,2-3H2,1H3,(H,18,19). The second kappa shape index (κ2) is 5.36. The van der Waals surface area contributed by atoms with Crippen molar-refractivity contribution in [2.75, 3.05) is 0 Å². The van der Waals surface area contributed by atoms with Gasteiger partial charge in [-0.05, 0) is 18.6 Å². The molecule has 1 aromatic carbocycles. The number of aromatic nitrogens is 3. The van der Waals surface area contributed by atoms with Gasteiger partial charge >= 0.3 is 5.97 Å². The molecule has 0 atom stereocenters. The molecule has 0 saturated carbocycles. The molecular weight excluding hydrogens is 273 g/mol. The lowest BCUT2D eigenvalue weighted by atomic mass is 10.2. The number of carbonyl (C=O) groups is 1. The van der Waals surface area contributed by atoms with E-state index >= 15 is 0 Å². The number of carboxylic acids is 1. The number of carboxylic acid groups (broad SMARTS) is 1. The maximum absolute atomic E-state index is 13.3. The molecule has 0 bridgehead atoms. The first-order chi connectivity index (χ1) is 9.04. The second-order valence-corrected chi connectivity index (χ2v) is 4.35. The summed E-state index contributed by atoms with van der Waals surface area (Å²) in [7, 11) is 0. The van der Waals surface area contributed by atoms with E-state index < -0.39 is 11.8 Å². The molecule has 0 amide bonds. The number of benzene rings is 1. The molecule has 7 heteroatoms. The van der Waals surface area contributed by atoms with Gasteiger partial charge in [0, 0.05) is 6.07 Å². The lowest BCUT2D eigenvalue weighted by Crippen LogP contribution is -2.07. The van der Waals surface area contributed by atoms with Gasteiger partial charge in [0.25, 0.3) is 0 Å². The van der Waals surface area contributed by atoms with Crippen LogP contribution in [0.15, 0.2) is 18.2 Å². The zero-order valence-electron chi connectivity index (χ0n) is 10.1. The Bertz CT molecular complexity index is 627. The Labute approximate surface area is 113 Å². The van der Waals surface area contributed by atoms with Crippen LogP contribution in [0.4, 0.5) is 4.39 Å². The van der Waals surface area contributed by atoms with E-state index in [4.69, 9.17) is 16.7 Å². The van der Waals surface area contributed by atoms with Crippen LogP contribution in [-0.4, -0.2) is 26.1 Å². The third kappa shape index (κ3) is 2.58. The molecule has 0 radical (unpaired) electrons. The first-order valence-electron chi connectivity index (χ1n) is 5.68. The lowest BCUT2D eigenvalue weighted by Gasteiger charge is -2.08. The highest BCUT2D eigenvalue weighted by Crippen LogP contribution is 2.23. The summed E-state index contributed by atoms with van der Waals surface area (Å²) in [5.41, 5.74) is 0.551. The van der Waals surface area contributed by atoms with Crippen LogP contribution in [-0.2, 0) is 6.42 Å². The molecule has 0 aliphatic carbocycles. The normalized spacial score (nSPS) is 10.7. The van der Waals surface area contributed by atoms with Crippen LogP contribution in [0, 0.1) is 5.82 Å². The van der Waals surface area contributed by atoms with Gasteiger partial charge in [0.05, 0.1) is 16.4 Å². The van der Waals surface area contributed by atoms with Gasteiger partial charge in [0.2, 0.25) is 0 Å². The fraction of sp³-hybridized carbons (Fsp3) is 0.250. The fourth-order valence-corrected chi connectivity index (χ4v) is 1.97. The van der Waals surface area contributed by atoms with E-state index in [2.05, 4.69) is 10.3 Å². The van der Waals surface area contributed by atoms with E-state index in [0.29, 0.717) is 18.5 Å². The molecule has 1 N–H and O–H groups in total. The van der Waals surface area contributed by atoms with Crippen molar-refractivity contribution < 1.29 is 14.3 Å². The summed E-state index contributed by atoms with van der Waals surface area (Å²) in [6.45, 7) is 1.90. The Morgan fingerprint density at radius 3 is 2.89 bits per heavy atom. The number of hydrogen-bond acceptors (Lipinski definition) is 3. The van der Waals surface area contributed by atoms with Crippen LogP contribution < -0.4 is 0 Å². The van der Waals surface area contributed by atoms with Crippen LogP contribution in [0.5, 0.6) is 0 Å². The molecule has 100 valence electrons.